The van der Waals surface area contributed by atoms with Gasteiger partial charge in [0.15, 0.2) is 0 Å². The Bertz CT molecular complexity index is 179. The molecule has 0 fully saturated rings. The highest BCUT2D eigenvalue weighted by atomic mass is 16.1. The Kier molecular flexibility index (Phi) is 3.07. The van der Waals surface area contributed by atoms with Crippen molar-refractivity contribution in [3.63, 3.8) is 0 Å². The predicted molar refractivity (Wildman–Crippen MR) is 44.6 cm³/mol. The summed E-state index contributed by atoms with van der Waals surface area (Å²) in [6.45, 7) is 6.93. The summed E-state index contributed by atoms with van der Waals surface area (Å²) in [6, 6.07) is 0. The van der Waals surface area contributed by atoms with Crippen LogP contribution in [0, 0.1) is 0 Å². The monoisotopic (exact) mass is 157 g/mol. The molecular weight excluding hydrogens is 142 g/mol. The zero-order valence-corrected chi connectivity index (χ0v) is 6.98. The van der Waals surface area contributed by atoms with Crippen LogP contribution >= 0.6 is 0 Å². The van der Waals surface area contributed by atoms with Crippen LogP contribution in [-0.4, -0.2) is 18.0 Å². The van der Waals surface area contributed by atoms with Gasteiger partial charge in [0.1, 0.15) is 0 Å². The lowest BCUT2D eigenvalue weighted by atomic mass is 9.99. The Hall–Kier alpha value is -1.03. The number of amides is 1. The molecule has 0 aromatic rings. The second kappa shape index (κ2) is 3.39. The summed E-state index contributed by atoms with van der Waals surface area (Å²) in [5.41, 5.74) is 10.5. The van der Waals surface area contributed by atoms with Crippen LogP contribution in [0.3, 0.4) is 0 Å². The van der Waals surface area contributed by atoms with Crippen molar-refractivity contribution < 1.29 is 4.79 Å². The van der Waals surface area contributed by atoms with Crippen molar-refractivity contribution in [1.82, 2.24) is 5.32 Å². The van der Waals surface area contributed by atoms with Crippen molar-refractivity contribution in [1.29, 1.82) is 0 Å². The van der Waals surface area contributed by atoms with Gasteiger partial charge in [-0.05, 0) is 6.92 Å². The van der Waals surface area contributed by atoms with Gasteiger partial charge in [-0.3, -0.25) is 4.79 Å². The standard InChI is InChI=1S/C7H15N3O/c1-5(9)7(3,4-8)10-6(2)11/h1,4,8-9H2,2-3H3,(H,10,11). The fourth-order valence-corrected chi connectivity index (χ4v) is 0.651. The highest BCUT2D eigenvalue weighted by Gasteiger charge is 2.24. The van der Waals surface area contributed by atoms with Crippen LogP contribution in [0.15, 0.2) is 12.3 Å². The van der Waals surface area contributed by atoms with Crippen LogP contribution in [-0.2, 0) is 4.79 Å². The average Bonchev–Trinajstić information content (AvgIpc) is 1.86. The van der Waals surface area contributed by atoms with Gasteiger partial charge < -0.3 is 16.8 Å². The van der Waals surface area contributed by atoms with Crippen LogP contribution in [0.2, 0.25) is 0 Å². The van der Waals surface area contributed by atoms with Crippen LogP contribution in [0.4, 0.5) is 0 Å². The van der Waals surface area contributed by atoms with Crippen LogP contribution in [0.25, 0.3) is 0 Å². The van der Waals surface area contributed by atoms with Gasteiger partial charge in [0, 0.05) is 19.2 Å². The maximum Gasteiger partial charge on any atom is 0.217 e. The minimum atomic E-state index is -0.675. The summed E-state index contributed by atoms with van der Waals surface area (Å²) < 4.78 is 0. The Morgan fingerprint density at radius 2 is 2.18 bits per heavy atom. The van der Waals surface area contributed by atoms with E-state index in [9.17, 15) is 4.79 Å². The van der Waals surface area contributed by atoms with Crippen molar-refractivity contribution >= 4 is 5.91 Å². The minimum Gasteiger partial charge on any atom is -0.401 e. The Morgan fingerprint density at radius 1 is 1.73 bits per heavy atom. The number of carbonyl (C=O) groups is 1. The normalized spacial score (nSPS) is 15.2. The molecule has 0 radical (unpaired) electrons. The van der Waals surface area contributed by atoms with Gasteiger partial charge in [-0.25, -0.2) is 0 Å². The molecule has 1 atom stereocenters. The summed E-state index contributed by atoms with van der Waals surface area (Å²) in [7, 11) is 0. The zero-order chi connectivity index (χ0) is 9.07. The number of nitrogens with one attached hydrogen (secondary N) is 1. The average molecular weight is 157 g/mol. The summed E-state index contributed by atoms with van der Waals surface area (Å²) in [5.74, 6) is -0.162. The lowest BCUT2D eigenvalue weighted by Gasteiger charge is -2.28. The van der Waals surface area contributed by atoms with E-state index in [2.05, 4.69) is 11.9 Å². The highest BCUT2D eigenvalue weighted by molar-refractivity contribution is 5.74. The Balaban J connectivity index is 4.34. The van der Waals surface area contributed by atoms with E-state index in [-0.39, 0.29) is 12.5 Å². The first-order valence-electron chi connectivity index (χ1n) is 3.36. The van der Waals surface area contributed by atoms with Gasteiger partial charge >= 0.3 is 0 Å². The van der Waals surface area contributed by atoms with E-state index in [4.69, 9.17) is 11.5 Å². The van der Waals surface area contributed by atoms with E-state index in [1.165, 1.54) is 6.92 Å². The quantitative estimate of drug-likeness (QED) is 0.507. The number of carbonyl (C=O) groups excluding carboxylic acids is 1. The first-order valence-corrected chi connectivity index (χ1v) is 3.36. The molecule has 1 unspecified atom stereocenters. The molecule has 0 aliphatic heterocycles. The summed E-state index contributed by atoms with van der Waals surface area (Å²) in [4.78, 5) is 10.7. The van der Waals surface area contributed by atoms with Gasteiger partial charge in [-0.15, -0.1) is 0 Å². The second-order valence-electron chi connectivity index (χ2n) is 2.74. The molecule has 0 heterocycles. The molecule has 1 amide bonds. The molecule has 11 heavy (non-hydrogen) atoms. The fraction of sp³-hybridized carbons (Fsp3) is 0.571. The number of nitrogens with two attached hydrogens (primary N) is 2. The molecular formula is C7H15N3O. The third-order valence-corrected chi connectivity index (χ3v) is 1.57. The van der Waals surface area contributed by atoms with Gasteiger partial charge in [0.25, 0.3) is 0 Å². The largest absolute Gasteiger partial charge is 0.401 e. The van der Waals surface area contributed by atoms with E-state index in [0.29, 0.717) is 5.70 Å². The van der Waals surface area contributed by atoms with E-state index < -0.39 is 5.54 Å². The summed E-state index contributed by atoms with van der Waals surface area (Å²) in [5, 5.41) is 2.62. The molecule has 0 saturated carbocycles. The smallest absolute Gasteiger partial charge is 0.217 e. The molecule has 0 aliphatic rings. The van der Waals surface area contributed by atoms with Crippen molar-refractivity contribution in [2.75, 3.05) is 6.54 Å². The first kappa shape index (κ1) is 9.97. The summed E-state index contributed by atoms with van der Waals surface area (Å²) >= 11 is 0. The number of hydrogen-bond donors (Lipinski definition) is 3. The van der Waals surface area contributed by atoms with E-state index in [0.717, 1.165) is 0 Å². The Labute approximate surface area is 66.6 Å². The van der Waals surface area contributed by atoms with Gasteiger partial charge in [0.2, 0.25) is 5.91 Å². The maximum atomic E-state index is 10.7. The molecule has 4 nitrogen and oxygen atoms in total. The fourth-order valence-electron chi connectivity index (χ4n) is 0.651. The van der Waals surface area contributed by atoms with Crippen LogP contribution in [0.1, 0.15) is 13.8 Å². The topological polar surface area (TPSA) is 81.1 Å². The molecule has 0 saturated heterocycles. The molecule has 5 N–H and O–H groups in total. The van der Waals surface area contributed by atoms with Gasteiger partial charge in [-0.2, -0.15) is 0 Å². The first-order chi connectivity index (χ1) is 4.92. The van der Waals surface area contributed by atoms with E-state index >= 15 is 0 Å². The van der Waals surface area contributed by atoms with Gasteiger partial charge in [0.05, 0.1) is 5.54 Å². The summed E-state index contributed by atoms with van der Waals surface area (Å²) in [6.07, 6.45) is 0. The van der Waals surface area contributed by atoms with Crippen molar-refractivity contribution in [3.05, 3.63) is 12.3 Å². The SMILES string of the molecule is C=C(N)C(C)(CN)NC(C)=O. The van der Waals surface area contributed by atoms with Crippen molar-refractivity contribution in [2.24, 2.45) is 11.5 Å². The molecule has 0 bridgehead atoms. The third-order valence-electron chi connectivity index (χ3n) is 1.57. The van der Waals surface area contributed by atoms with Crippen molar-refractivity contribution in [2.45, 2.75) is 19.4 Å². The molecule has 4 heteroatoms. The predicted octanol–water partition coefficient (Wildman–Crippen LogP) is -0.688. The van der Waals surface area contributed by atoms with E-state index in [1.54, 1.807) is 6.92 Å². The number of rotatable bonds is 3. The molecule has 0 spiro atoms. The molecule has 0 aromatic carbocycles. The minimum absolute atomic E-state index is 0.162. The zero-order valence-electron chi connectivity index (χ0n) is 6.98. The third kappa shape index (κ3) is 2.59. The van der Waals surface area contributed by atoms with E-state index in [1.807, 2.05) is 0 Å². The number of hydrogen-bond acceptors (Lipinski definition) is 3. The maximum absolute atomic E-state index is 10.7. The lowest BCUT2D eigenvalue weighted by Crippen LogP contribution is -2.53. The molecule has 64 valence electrons. The Morgan fingerprint density at radius 3 is 2.27 bits per heavy atom. The van der Waals surface area contributed by atoms with Gasteiger partial charge in [-0.1, -0.05) is 6.58 Å². The second-order valence-corrected chi connectivity index (χ2v) is 2.74. The molecule has 0 aromatic heterocycles. The highest BCUT2D eigenvalue weighted by Crippen LogP contribution is 2.06. The van der Waals surface area contributed by atoms with Crippen LogP contribution in [0.5, 0.6) is 0 Å². The lowest BCUT2D eigenvalue weighted by molar-refractivity contribution is -0.120. The van der Waals surface area contributed by atoms with Crippen molar-refractivity contribution in [3.8, 4) is 0 Å². The van der Waals surface area contributed by atoms with Crippen LogP contribution < -0.4 is 16.8 Å². The molecule has 0 aliphatic carbocycles. The molecule has 0 rings (SSSR count).